The van der Waals surface area contributed by atoms with Crippen LogP contribution in [0.15, 0.2) is 60.7 Å². The van der Waals surface area contributed by atoms with Crippen LogP contribution in [-0.2, 0) is 25.7 Å². The average Bonchev–Trinajstić information content (AvgIpc) is 2.80. The number of benzene rings is 2. The summed E-state index contributed by atoms with van der Waals surface area (Å²) in [5, 5.41) is 5.46. The van der Waals surface area contributed by atoms with Crippen molar-refractivity contribution < 1.29 is 23.9 Å². The number of nitrogens with zero attached hydrogens (tertiary/aromatic N) is 1. The molecule has 0 radical (unpaired) electrons. The number of nitrogens with one attached hydrogen (secondary N) is 2. The van der Waals surface area contributed by atoms with E-state index in [9.17, 15) is 19.2 Å². The molecule has 0 aromatic heterocycles. The fourth-order valence-corrected chi connectivity index (χ4v) is 4.17. The van der Waals surface area contributed by atoms with Gasteiger partial charge in [-0.05, 0) is 51.2 Å². The van der Waals surface area contributed by atoms with Crippen molar-refractivity contribution in [1.82, 2.24) is 15.5 Å². The molecule has 37 heavy (non-hydrogen) atoms. The molecule has 2 aromatic carbocycles. The summed E-state index contributed by atoms with van der Waals surface area (Å²) in [4.78, 5) is 53.5. The van der Waals surface area contributed by atoms with Crippen molar-refractivity contribution in [3.8, 4) is 0 Å². The lowest BCUT2D eigenvalue weighted by molar-refractivity contribution is -0.148. The molecule has 198 valence electrons. The van der Waals surface area contributed by atoms with Crippen LogP contribution >= 0.6 is 0 Å². The topological polar surface area (TPSA) is 131 Å². The first kappa shape index (κ1) is 27.7. The highest BCUT2D eigenvalue weighted by atomic mass is 16.6. The van der Waals surface area contributed by atoms with Crippen molar-refractivity contribution in [1.29, 1.82) is 0 Å². The van der Waals surface area contributed by atoms with Crippen LogP contribution in [0, 0.1) is 0 Å². The van der Waals surface area contributed by atoms with E-state index in [1.165, 1.54) is 4.90 Å². The van der Waals surface area contributed by atoms with Crippen LogP contribution in [0.25, 0.3) is 0 Å². The first-order valence-electron chi connectivity index (χ1n) is 12.5. The molecule has 4 amide bonds. The highest BCUT2D eigenvalue weighted by Crippen LogP contribution is 2.34. The van der Waals surface area contributed by atoms with Gasteiger partial charge in [0.1, 0.15) is 17.7 Å². The average molecular weight is 509 g/mol. The number of alkyl carbamates (subject to hydrolysis) is 1. The summed E-state index contributed by atoms with van der Waals surface area (Å²) in [7, 11) is 0. The van der Waals surface area contributed by atoms with E-state index >= 15 is 0 Å². The quantitative estimate of drug-likeness (QED) is 0.454. The van der Waals surface area contributed by atoms with Gasteiger partial charge in [0.05, 0.1) is 6.42 Å². The second-order valence-corrected chi connectivity index (χ2v) is 10.2. The maximum Gasteiger partial charge on any atom is 0.408 e. The SMILES string of the molecule is CC(C)(C)OC(=O)NC(CC(N)=O)C(=O)N(C1CCC1)C(C(=O)NCc1ccccc1)c1ccccc1. The molecule has 9 heteroatoms. The molecule has 1 aliphatic rings. The smallest absolute Gasteiger partial charge is 0.408 e. The Kier molecular flexibility index (Phi) is 9.27. The predicted molar refractivity (Wildman–Crippen MR) is 139 cm³/mol. The van der Waals surface area contributed by atoms with Crippen molar-refractivity contribution in [2.45, 2.75) is 76.7 Å². The number of hydrogen-bond acceptors (Lipinski definition) is 5. The van der Waals surface area contributed by atoms with E-state index in [-0.39, 0.29) is 18.5 Å². The molecular weight excluding hydrogens is 472 g/mol. The summed E-state index contributed by atoms with van der Waals surface area (Å²) >= 11 is 0. The molecule has 2 unspecified atom stereocenters. The van der Waals surface area contributed by atoms with Gasteiger partial charge in [-0.15, -0.1) is 0 Å². The summed E-state index contributed by atoms with van der Waals surface area (Å²) in [5.74, 6) is -1.67. The molecule has 1 fully saturated rings. The summed E-state index contributed by atoms with van der Waals surface area (Å²) in [6.45, 7) is 5.37. The van der Waals surface area contributed by atoms with E-state index in [2.05, 4.69) is 10.6 Å². The molecule has 2 aromatic rings. The lowest BCUT2D eigenvalue weighted by Gasteiger charge is -2.43. The molecule has 1 saturated carbocycles. The van der Waals surface area contributed by atoms with Gasteiger partial charge in [0.25, 0.3) is 0 Å². The van der Waals surface area contributed by atoms with E-state index in [4.69, 9.17) is 10.5 Å². The van der Waals surface area contributed by atoms with Crippen molar-refractivity contribution in [2.24, 2.45) is 5.73 Å². The van der Waals surface area contributed by atoms with Gasteiger partial charge in [-0.3, -0.25) is 14.4 Å². The predicted octanol–water partition coefficient (Wildman–Crippen LogP) is 3.19. The van der Waals surface area contributed by atoms with Crippen LogP contribution in [0.2, 0.25) is 0 Å². The molecule has 0 saturated heterocycles. The number of hydrogen-bond donors (Lipinski definition) is 3. The Morgan fingerprint density at radius 3 is 2.11 bits per heavy atom. The van der Waals surface area contributed by atoms with E-state index in [1.807, 2.05) is 36.4 Å². The summed E-state index contributed by atoms with van der Waals surface area (Å²) < 4.78 is 5.31. The third-order valence-electron chi connectivity index (χ3n) is 6.07. The lowest BCUT2D eigenvalue weighted by Crippen LogP contribution is -2.58. The van der Waals surface area contributed by atoms with Gasteiger partial charge >= 0.3 is 6.09 Å². The monoisotopic (exact) mass is 508 g/mol. The summed E-state index contributed by atoms with van der Waals surface area (Å²) in [5.41, 5.74) is 6.18. The van der Waals surface area contributed by atoms with Crippen molar-refractivity contribution in [3.63, 3.8) is 0 Å². The van der Waals surface area contributed by atoms with Crippen LogP contribution in [0.3, 0.4) is 0 Å². The highest BCUT2D eigenvalue weighted by molar-refractivity contribution is 5.94. The first-order chi connectivity index (χ1) is 17.5. The van der Waals surface area contributed by atoms with Gasteiger partial charge in [-0.2, -0.15) is 0 Å². The second-order valence-electron chi connectivity index (χ2n) is 10.2. The zero-order valence-electron chi connectivity index (χ0n) is 21.6. The Labute approximate surface area is 217 Å². The van der Waals surface area contributed by atoms with Gasteiger partial charge in [-0.25, -0.2) is 4.79 Å². The zero-order valence-corrected chi connectivity index (χ0v) is 21.6. The number of carbonyl (C=O) groups excluding carboxylic acids is 4. The summed E-state index contributed by atoms with van der Waals surface area (Å²) in [6.07, 6.45) is 1.05. The van der Waals surface area contributed by atoms with Crippen LogP contribution in [0.1, 0.15) is 63.6 Å². The number of amides is 4. The fraction of sp³-hybridized carbons (Fsp3) is 0.429. The van der Waals surface area contributed by atoms with Crippen LogP contribution < -0.4 is 16.4 Å². The first-order valence-corrected chi connectivity index (χ1v) is 12.5. The molecular formula is C28H36N4O5. The number of carbonyl (C=O) groups is 4. The third-order valence-corrected chi connectivity index (χ3v) is 6.07. The summed E-state index contributed by atoms with van der Waals surface area (Å²) in [6, 6.07) is 16.0. The van der Waals surface area contributed by atoms with Crippen LogP contribution in [0.4, 0.5) is 4.79 Å². The van der Waals surface area contributed by atoms with E-state index in [0.717, 1.165) is 12.0 Å². The number of ether oxygens (including phenoxy) is 1. The van der Waals surface area contributed by atoms with E-state index < -0.39 is 42.0 Å². The molecule has 0 bridgehead atoms. The van der Waals surface area contributed by atoms with E-state index in [0.29, 0.717) is 18.4 Å². The Bertz CT molecular complexity index is 1080. The third kappa shape index (κ3) is 8.06. The van der Waals surface area contributed by atoms with Crippen molar-refractivity contribution in [3.05, 3.63) is 71.8 Å². The fourth-order valence-electron chi connectivity index (χ4n) is 4.17. The lowest BCUT2D eigenvalue weighted by atomic mass is 9.88. The molecule has 0 spiro atoms. The Balaban J connectivity index is 1.93. The second kappa shape index (κ2) is 12.4. The number of nitrogens with two attached hydrogens (primary N) is 1. The Hall–Kier alpha value is -3.88. The molecule has 9 nitrogen and oxygen atoms in total. The normalized spacial score (nSPS) is 15.0. The maximum absolute atomic E-state index is 14.0. The molecule has 4 N–H and O–H groups in total. The molecule has 2 atom stereocenters. The minimum atomic E-state index is -1.28. The van der Waals surface area contributed by atoms with Crippen LogP contribution in [-0.4, -0.2) is 46.4 Å². The van der Waals surface area contributed by atoms with Gasteiger partial charge < -0.3 is 26.0 Å². The highest BCUT2D eigenvalue weighted by Gasteiger charge is 2.42. The number of rotatable bonds is 10. The maximum atomic E-state index is 14.0. The van der Waals surface area contributed by atoms with Crippen molar-refractivity contribution in [2.75, 3.05) is 0 Å². The Morgan fingerprint density at radius 2 is 1.59 bits per heavy atom. The zero-order chi connectivity index (χ0) is 27.0. The standard InChI is InChI=1S/C28H36N4O5/c1-28(2,3)37-27(36)31-22(17-23(29)33)26(35)32(21-15-10-16-21)24(20-13-8-5-9-14-20)25(34)30-18-19-11-6-4-7-12-19/h4-9,11-14,21-22,24H,10,15-18H2,1-3H3,(H2,29,33)(H,30,34)(H,31,36). The molecule has 0 heterocycles. The van der Waals surface area contributed by atoms with Gasteiger partial charge in [0.15, 0.2) is 0 Å². The van der Waals surface area contributed by atoms with Gasteiger partial charge in [-0.1, -0.05) is 60.7 Å². The largest absolute Gasteiger partial charge is 0.444 e. The van der Waals surface area contributed by atoms with E-state index in [1.54, 1.807) is 45.0 Å². The molecule has 1 aliphatic carbocycles. The molecule has 0 aliphatic heterocycles. The van der Waals surface area contributed by atoms with Gasteiger partial charge in [0, 0.05) is 12.6 Å². The number of primary amides is 1. The molecule has 3 rings (SSSR count). The minimum absolute atomic E-state index is 0.226. The Morgan fingerprint density at radius 1 is 1.00 bits per heavy atom. The van der Waals surface area contributed by atoms with Gasteiger partial charge in [0.2, 0.25) is 17.7 Å². The van der Waals surface area contributed by atoms with Crippen molar-refractivity contribution >= 4 is 23.8 Å². The minimum Gasteiger partial charge on any atom is -0.444 e. The van der Waals surface area contributed by atoms with Crippen LogP contribution in [0.5, 0.6) is 0 Å².